The third-order valence-corrected chi connectivity index (χ3v) is 3.24. The molecular formula is C13H15N5. The zero-order valence-electron chi connectivity index (χ0n) is 10.1. The van der Waals surface area contributed by atoms with Crippen LogP contribution in [-0.4, -0.2) is 33.3 Å². The van der Waals surface area contributed by atoms with Crippen molar-refractivity contribution in [1.82, 2.24) is 25.5 Å². The third kappa shape index (κ3) is 2.51. The summed E-state index contributed by atoms with van der Waals surface area (Å²) in [6.07, 6.45) is 7.25. The van der Waals surface area contributed by atoms with Gasteiger partial charge in [0.15, 0.2) is 0 Å². The van der Waals surface area contributed by atoms with Crippen LogP contribution in [0.5, 0.6) is 0 Å². The molecule has 92 valence electrons. The average molecular weight is 241 g/mol. The van der Waals surface area contributed by atoms with E-state index in [1.807, 2.05) is 12.1 Å². The zero-order valence-corrected chi connectivity index (χ0v) is 10.1. The van der Waals surface area contributed by atoms with E-state index in [9.17, 15) is 0 Å². The van der Waals surface area contributed by atoms with Gasteiger partial charge in [-0.3, -0.25) is 0 Å². The van der Waals surface area contributed by atoms with Crippen LogP contribution >= 0.6 is 0 Å². The Balaban J connectivity index is 1.72. The summed E-state index contributed by atoms with van der Waals surface area (Å²) in [5.41, 5.74) is 2.78. The molecule has 1 atom stereocenters. The average Bonchev–Trinajstić information content (AvgIpc) is 2.94. The molecule has 1 saturated heterocycles. The summed E-state index contributed by atoms with van der Waals surface area (Å²) in [7, 11) is 0. The monoisotopic (exact) mass is 241 g/mol. The maximum Gasteiger partial charge on any atom is 0.115 e. The smallest absolute Gasteiger partial charge is 0.115 e. The molecule has 3 heterocycles. The van der Waals surface area contributed by atoms with E-state index in [4.69, 9.17) is 0 Å². The number of nitrogens with one attached hydrogen (secondary N) is 1. The van der Waals surface area contributed by atoms with Gasteiger partial charge in [0.25, 0.3) is 0 Å². The summed E-state index contributed by atoms with van der Waals surface area (Å²) in [4.78, 5) is 7.96. The van der Waals surface area contributed by atoms with Gasteiger partial charge in [-0.05, 0) is 44.0 Å². The van der Waals surface area contributed by atoms with Crippen LogP contribution in [-0.2, 0) is 6.42 Å². The fourth-order valence-electron chi connectivity index (χ4n) is 2.24. The first-order valence-corrected chi connectivity index (χ1v) is 6.20. The minimum Gasteiger partial charge on any atom is -0.316 e. The molecule has 3 rings (SSSR count). The Morgan fingerprint density at radius 2 is 2.06 bits per heavy atom. The Labute approximate surface area is 106 Å². The summed E-state index contributed by atoms with van der Waals surface area (Å²) < 4.78 is 0. The van der Waals surface area contributed by atoms with Crippen molar-refractivity contribution < 1.29 is 0 Å². The standard InChI is InChI=1S/C13H15N5/c1-2-13(11-7-15-9-16-8-11)18-17-12(1)5-10-3-4-14-6-10/h1-2,7-10,14H,3-6H2/t10-/m0/s1. The number of rotatable bonds is 3. The van der Waals surface area contributed by atoms with Crippen molar-refractivity contribution in [2.75, 3.05) is 13.1 Å². The van der Waals surface area contributed by atoms with Crippen molar-refractivity contribution in [3.63, 3.8) is 0 Å². The van der Waals surface area contributed by atoms with Gasteiger partial charge in [-0.25, -0.2) is 9.97 Å². The molecule has 1 fully saturated rings. The van der Waals surface area contributed by atoms with Crippen molar-refractivity contribution >= 4 is 0 Å². The van der Waals surface area contributed by atoms with E-state index < -0.39 is 0 Å². The quantitative estimate of drug-likeness (QED) is 0.871. The topological polar surface area (TPSA) is 63.6 Å². The van der Waals surface area contributed by atoms with E-state index in [1.165, 1.54) is 12.7 Å². The van der Waals surface area contributed by atoms with Gasteiger partial charge in [-0.1, -0.05) is 0 Å². The number of nitrogens with zero attached hydrogens (tertiary/aromatic N) is 4. The van der Waals surface area contributed by atoms with E-state index in [0.717, 1.165) is 36.5 Å². The maximum absolute atomic E-state index is 4.29. The zero-order chi connectivity index (χ0) is 12.2. The second-order valence-corrected chi connectivity index (χ2v) is 4.60. The molecule has 0 radical (unpaired) electrons. The van der Waals surface area contributed by atoms with Crippen molar-refractivity contribution in [2.24, 2.45) is 5.92 Å². The van der Waals surface area contributed by atoms with Crippen LogP contribution in [0.4, 0.5) is 0 Å². The highest BCUT2D eigenvalue weighted by molar-refractivity contribution is 5.55. The molecule has 1 aliphatic rings. The van der Waals surface area contributed by atoms with Gasteiger partial charge in [0.05, 0.1) is 11.4 Å². The van der Waals surface area contributed by atoms with Crippen LogP contribution in [0, 0.1) is 5.92 Å². The largest absolute Gasteiger partial charge is 0.316 e. The number of hydrogen-bond acceptors (Lipinski definition) is 5. The predicted molar refractivity (Wildman–Crippen MR) is 67.7 cm³/mol. The minimum absolute atomic E-state index is 0.699. The minimum atomic E-state index is 0.699. The second-order valence-electron chi connectivity index (χ2n) is 4.60. The molecule has 0 aliphatic carbocycles. The highest BCUT2D eigenvalue weighted by Crippen LogP contribution is 2.16. The summed E-state index contributed by atoms with van der Waals surface area (Å²) in [6.45, 7) is 2.22. The van der Waals surface area contributed by atoms with Gasteiger partial charge in [0.2, 0.25) is 0 Å². The van der Waals surface area contributed by atoms with Crippen molar-refractivity contribution in [3.8, 4) is 11.3 Å². The van der Waals surface area contributed by atoms with Crippen molar-refractivity contribution in [1.29, 1.82) is 0 Å². The van der Waals surface area contributed by atoms with Gasteiger partial charge in [0, 0.05) is 18.0 Å². The Morgan fingerprint density at radius 1 is 1.17 bits per heavy atom. The Bertz CT molecular complexity index is 491. The van der Waals surface area contributed by atoms with Crippen LogP contribution in [0.15, 0.2) is 30.9 Å². The summed E-state index contributed by atoms with van der Waals surface area (Å²) in [5.74, 6) is 0.699. The fraction of sp³-hybridized carbons (Fsp3) is 0.385. The van der Waals surface area contributed by atoms with Crippen LogP contribution in [0.25, 0.3) is 11.3 Å². The van der Waals surface area contributed by atoms with Crippen LogP contribution in [0.2, 0.25) is 0 Å². The summed E-state index contributed by atoms with van der Waals surface area (Å²) >= 11 is 0. The lowest BCUT2D eigenvalue weighted by atomic mass is 10.0. The third-order valence-electron chi connectivity index (χ3n) is 3.24. The molecule has 18 heavy (non-hydrogen) atoms. The van der Waals surface area contributed by atoms with Crippen molar-refractivity contribution in [2.45, 2.75) is 12.8 Å². The van der Waals surface area contributed by atoms with Crippen LogP contribution in [0.3, 0.4) is 0 Å². The van der Waals surface area contributed by atoms with Gasteiger partial charge >= 0.3 is 0 Å². The molecule has 0 saturated carbocycles. The van der Waals surface area contributed by atoms with Gasteiger partial charge in [0.1, 0.15) is 6.33 Å². The van der Waals surface area contributed by atoms with Gasteiger partial charge in [-0.2, -0.15) is 10.2 Å². The Morgan fingerprint density at radius 3 is 2.72 bits per heavy atom. The molecular weight excluding hydrogens is 226 g/mol. The lowest BCUT2D eigenvalue weighted by molar-refractivity contribution is 0.567. The highest BCUT2D eigenvalue weighted by Gasteiger charge is 2.15. The van der Waals surface area contributed by atoms with Crippen LogP contribution in [0.1, 0.15) is 12.1 Å². The number of aromatic nitrogens is 4. The molecule has 5 heteroatoms. The molecule has 0 aromatic carbocycles. The van der Waals surface area contributed by atoms with Crippen LogP contribution < -0.4 is 5.32 Å². The lowest BCUT2D eigenvalue weighted by Gasteiger charge is -2.07. The Kier molecular flexibility index (Phi) is 3.23. The molecule has 2 aromatic rings. The highest BCUT2D eigenvalue weighted by atomic mass is 15.1. The first kappa shape index (κ1) is 11.2. The summed E-state index contributed by atoms with van der Waals surface area (Å²) in [6, 6.07) is 4.04. The van der Waals surface area contributed by atoms with E-state index in [2.05, 4.69) is 25.5 Å². The second kappa shape index (κ2) is 5.18. The molecule has 0 spiro atoms. The van der Waals surface area contributed by atoms with Crippen molar-refractivity contribution in [3.05, 3.63) is 36.5 Å². The molecule has 5 nitrogen and oxygen atoms in total. The lowest BCUT2D eigenvalue weighted by Crippen LogP contribution is -2.11. The first-order valence-electron chi connectivity index (χ1n) is 6.20. The molecule has 0 amide bonds. The van der Waals surface area contributed by atoms with E-state index in [0.29, 0.717) is 5.92 Å². The maximum atomic E-state index is 4.29. The molecule has 2 aromatic heterocycles. The summed E-state index contributed by atoms with van der Waals surface area (Å²) in [5, 5.41) is 11.9. The SMILES string of the molecule is c1ncc(-c2ccc(C[C@@H]3CCNC3)nn2)cn1. The fourth-order valence-corrected chi connectivity index (χ4v) is 2.24. The van der Waals surface area contributed by atoms with E-state index in [1.54, 1.807) is 12.4 Å². The molecule has 1 aliphatic heterocycles. The van der Waals surface area contributed by atoms with Gasteiger partial charge < -0.3 is 5.32 Å². The molecule has 0 unspecified atom stereocenters. The van der Waals surface area contributed by atoms with E-state index in [-0.39, 0.29) is 0 Å². The van der Waals surface area contributed by atoms with Gasteiger partial charge in [-0.15, -0.1) is 0 Å². The molecule has 1 N–H and O–H groups in total. The number of hydrogen-bond donors (Lipinski definition) is 1. The van der Waals surface area contributed by atoms with E-state index >= 15 is 0 Å². The first-order chi connectivity index (χ1) is 8.92. The Hall–Kier alpha value is -1.88. The normalized spacial score (nSPS) is 19.0. The predicted octanol–water partition coefficient (Wildman–Crippen LogP) is 1.09. The molecule has 0 bridgehead atoms.